The molecule has 0 bridgehead atoms. The Kier molecular flexibility index (Phi) is 7.06. The van der Waals surface area contributed by atoms with Gasteiger partial charge in [0.2, 0.25) is 0 Å². The normalized spacial score (nSPS) is 22.9. The van der Waals surface area contributed by atoms with Crippen LogP contribution >= 0.6 is 0 Å². The number of likely N-dealkylation sites (tertiary alicyclic amines) is 1. The van der Waals surface area contributed by atoms with Crippen LogP contribution in [-0.2, 0) is 0 Å². The second-order valence-electron chi connectivity index (χ2n) is 5.29. The van der Waals surface area contributed by atoms with Gasteiger partial charge in [-0.15, -0.1) is 0 Å². The second-order valence-corrected chi connectivity index (χ2v) is 5.29. The van der Waals surface area contributed by atoms with Crippen molar-refractivity contribution in [3.05, 3.63) is 0 Å². The number of rotatable bonds is 7. The van der Waals surface area contributed by atoms with Gasteiger partial charge < -0.3 is 9.80 Å². The van der Waals surface area contributed by atoms with Crippen LogP contribution in [0.1, 0.15) is 46.0 Å². The molecule has 0 aromatic heterocycles. The quantitative estimate of drug-likeness (QED) is 0.616. The Labute approximate surface area is 102 Å². The summed E-state index contributed by atoms with van der Waals surface area (Å²) in [5.74, 6) is 0.982. The first-order valence-electron chi connectivity index (χ1n) is 7.17. The minimum Gasteiger partial charge on any atom is -0.306 e. The summed E-state index contributed by atoms with van der Waals surface area (Å²) in [6, 6.07) is 0. The van der Waals surface area contributed by atoms with E-state index in [4.69, 9.17) is 0 Å². The molecule has 0 radical (unpaired) electrons. The van der Waals surface area contributed by atoms with Crippen molar-refractivity contribution in [2.75, 3.05) is 39.8 Å². The maximum atomic E-state index is 2.53. The van der Waals surface area contributed by atoms with Crippen molar-refractivity contribution < 1.29 is 0 Å². The maximum Gasteiger partial charge on any atom is 0.000661 e. The first-order valence-corrected chi connectivity index (χ1v) is 7.17. The summed E-state index contributed by atoms with van der Waals surface area (Å²) in [5.41, 5.74) is 0. The van der Waals surface area contributed by atoms with E-state index >= 15 is 0 Å². The highest BCUT2D eigenvalue weighted by molar-refractivity contribution is 4.70. The summed E-state index contributed by atoms with van der Waals surface area (Å²) in [6.45, 7) is 10.9. The van der Waals surface area contributed by atoms with Crippen LogP contribution in [0.2, 0.25) is 0 Å². The zero-order valence-corrected chi connectivity index (χ0v) is 11.5. The van der Waals surface area contributed by atoms with E-state index in [1.807, 2.05) is 0 Å². The molecule has 0 aliphatic carbocycles. The molecule has 96 valence electrons. The van der Waals surface area contributed by atoms with E-state index in [0.717, 1.165) is 5.92 Å². The zero-order chi connectivity index (χ0) is 11.8. The predicted molar refractivity (Wildman–Crippen MR) is 71.9 cm³/mol. The Hall–Kier alpha value is -0.0800. The Morgan fingerprint density at radius 2 is 1.94 bits per heavy atom. The van der Waals surface area contributed by atoms with Gasteiger partial charge in [-0.25, -0.2) is 0 Å². The van der Waals surface area contributed by atoms with Gasteiger partial charge in [-0.2, -0.15) is 0 Å². The van der Waals surface area contributed by atoms with E-state index in [-0.39, 0.29) is 0 Å². The van der Waals surface area contributed by atoms with Crippen LogP contribution in [0.15, 0.2) is 0 Å². The fourth-order valence-corrected chi connectivity index (χ4v) is 2.82. The zero-order valence-electron chi connectivity index (χ0n) is 11.5. The number of hydrogen-bond acceptors (Lipinski definition) is 2. The molecule has 2 heteroatoms. The molecule has 1 aliphatic rings. The molecule has 0 aromatic rings. The van der Waals surface area contributed by atoms with Gasteiger partial charge >= 0.3 is 0 Å². The third kappa shape index (κ3) is 5.31. The third-order valence-corrected chi connectivity index (χ3v) is 3.95. The molecule has 1 aliphatic heterocycles. The third-order valence-electron chi connectivity index (χ3n) is 3.95. The molecule has 0 aromatic carbocycles. The molecule has 0 amide bonds. The van der Waals surface area contributed by atoms with Crippen LogP contribution < -0.4 is 0 Å². The van der Waals surface area contributed by atoms with Crippen LogP contribution in [0.5, 0.6) is 0 Å². The lowest BCUT2D eigenvalue weighted by atomic mass is 9.93. The van der Waals surface area contributed by atoms with Crippen molar-refractivity contribution >= 4 is 0 Å². The highest BCUT2D eigenvalue weighted by Crippen LogP contribution is 2.20. The average Bonchev–Trinajstić information content (AvgIpc) is 2.29. The lowest BCUT2D eigenvalue weighted by Crippen LogP contribution is -2.32. The van der Waals surface area contributed by atoms with E-state index in [0.29, 0.717) is 0 Å². The Morgan fingerprint density at radius 1 is 1.19 bits per heavy atom. The van der Waals surface area contributed by atoms with Crippen molar-refractivity contribution in [2.45, 2.75) is 46.0 Å². The number of nitrogens with zero attached hydrogens (tertiary/aromatic N) is 2. The first-order chi connectivity index (χ1) is 7.76. The molecule has 1 heterocycles. The van der Waals surface area contributed by atoms with E-state index in [1.54, 1.807) is 0 Å². The van der Waals surface area contributed by atoms with Gasteiger partial charge in [-0.05, 0) is 64.8 Å². The summed E-state index contributed by atoms with van der Waals surface area (Å²) in [6.07, 6.45) is 7.15. The van der Waals surface area contributed by atoms with Crippen LogP contribution in [-0.4, -0.2) is 49.6 Å². The first kappa shape index (κ1) is 14.0. The molecule has 1 atom stereocenters. The predicted octanol–water partition coefficient (Wildman–Crippen LogP) is 2.84. The van der Waals surface area contributed by atoms with Gasteiger partial charge in [0.25, 0.3) is 0 Å². The summed E-state index contributed by atoms with van der Waals surface area (Å²) >= 11 is 0. The van der Waals surface area contributed by atoms with Crippen LogP contribution in [0.3, 0.4) is 0 Å². The lowest BCUT2D eigenvalue weighted by molar-refractivity contribution is 0.196. The largest absolute Gasteiger partial charge is 0.306 e. The highest BCUT2D eigenvalue weighted by Gasteiger charge is 2.16. The Morgan fingerprint density at radius 3 is 2.56 bits per heavy atom. The van der Waals surface area contributed by atoms with Crippen molar-refractivity contribution in [1.82, 2.24) is 9.80 Å². The second kappa shape index (κ2) is 8.08. The fraction of sp³-hybridized carbons (Fsp3) is 1.00. The number of unbranched alkanes of at least 4 members (excludes halogenated alkanes) is 1. The van der Waals surface area contributed by atoms with Gasteiger partial charge in [0.1, 0.15) is 0 Å². The molecule has 2 nitrogen and oxygen atoms in total. The van der Waals surface area contributed by atoms with Gasteiger partial charge in [-0.1, -0.05) is 20.3 Å². The van der Waals surface area contributed by atoms with Crippen LogP contribution in [0, 0.1) is 5.92 Å². The molecule has 1 unspecified atom stereocenters. The molecule has 1 fully saturated rings. The standard InChI is InChI=1S/C14H30N2/c1-4-16(5-2)12-7-6-9-14-10-8-11-15(3)13-14/h14H,4-13H2,1-3H3. The van der Waals surface area contributed by atoms with Gasteiger partial charge in [0.05, 0.1) is 0 Å². The number of hydrogen-bond donors (Lipinski definition) is 0. The summed E-state index contributed by atoms with van der Waals surface area (Å²) in [4.78, 5) is 5.03. The average molecular weight is 226 g/mol. The molecule has 0 N–H and O–H groups in total. The molecule has 16 heavy (non-hydrogen) atoms. The minimum absolute atomic E-state index is 0.982. The Bertz CT molecular complexity index is 166. The summed E-state index contributed by atoms with van der Waals surface area (Å²) < 4.78 is 0. The molecule has 1 rings (SSSR count). The van der Waals surface area contributed by atoms with Crippen LogP contribution in [0.25, 0.3) is 0 Å². The van der Waals surface area contributed by atoms with Crippen LogP contribution in [0.4, 0.5) is 0 Å². The van der Waals surface area contributed by atoms with Gasteiger partial charge in [0.15, 0.2) is 0 Å². The molecule has 0 spiro atoms. The van der Waals surface area contributed by atoms with E-state index < -0.39 is 0 Å². The fourth-order valence-electron chi connectivity index (χ4n) is 2.82. The lowest BCUT2D eigenvalue weighted by Gasteiger charge is -2.29. The van der Waals surface area contributed by atoms with Crippen molar-refractivity contribution in [2.24, 2.45) is 5.92 Å². The van der Waals surface area contributed by atoms with Gasteiger partial charge in [-0.3, -0.25) is 0 Å². The molecule has 0 saturated carbocycles. The van der Waals surface area contributed by atoms with E-state index in [2.05, 4.69) is 30.7 Å². The smallest absolute Gasteiger partial charge is 0.000661 e. The van der Waals surface area contributed by atoms with Crippen molar-refractivity contribution in [1.29, 1.82) is 0 Å². The summed E-state index contributed by atoms with van der Waals surface area (Å²) in [7, 11) is 2.27. The molecular weight excluding hydrogens is 196 g/mol. The van der Waals surface area contributed by atoms with Gasteiger partial charge in [0, 0.05) is 6.54 Å². The SMILES string of the molecule is CCN(CC)CCCCC1CCCN(C)C1. The maximum absolute atomic E-state index is 2.53. The summed E-state index contributed by atoms with van der Waals surface area (Å²) in [5, 5.41) is 0. The molecular formula is C14H30N2. The van der Waals surface area contributed by atoms with E-state index in [1.165, 1.54) is 64.8 Å². The monoisotopic (exact) mass is 226 g/mol. The van der Waals surface area contributed by atoms with Crippen molar-refractivity contribution in [3.8, 4) is 0 Å². The van der Waals surface area contributed by atoms with E-state index in [9.17, 15) is 0 Å². The number of piperidine rings is 1. The highest BCUT2D eigenvalue weighted by atomic mass is 15.1. The van der Waals surface area contributed by atoms with Crippen molar-refractivity contribution in [3.63, 3.8) is 0 Å². The molecule has 1 saturated heterocycles. The topological polar surface area (TPSA) is 6.48 Å². The Balaban J connectivity index is 2.02. The minimum atomic E-state index is 0.982.